The van der Waals surface area contributed by atoms with Crippen LogP contribution in [0.5, 0.6) is 0 Å². The Balaban J connectivity index is 1.54. The van der Waals surface area contributed by atoms with Crippen LogP contribution in [0.3, 0.4) is 0 Å². The Bertz CT molecular complexity index is 1180. The van der Waals surface area contributed by atoms with Crippen LogP contribution in [0.2, 0.25) is 0 Å². The molecule has 0 radical (unpaired) electrons. The maximum atomic E-state index is 13.1. The van der Waals surface area contributed by atoms with E-state index in [1.165, 1.54) is 17.3 Å². The summed E-state index contributed by atoms with van der Waals surface area (Å²) in [6.45, 7) is 5.27. The number of aryl methyl sites for hydroxylation is 1. The molecule has 31 heavy (non-hydrogen) atoms. The standard InChI is InChI=1S/C23H21N3O3S2/c1-15-4-5-19-16(11-15)12-17(21(24-19)25-6-9-28-10-7-25)13-20-22(27)26(23(30)31-20)14-18-3-2-8-29-18/h2-5,8,11-13H,6-7,9-10,14H2,1H3/b20-13-. The molecule has 8 heteroatoms. The maximum Gasteiger partial charge on any atom is 0.266 e. The fourth-order valence-corrected chi connectivity index (χ4v) is 5.02. The zero-order chi connectivity index (χ0) is 21.4. The molecule has 0 unspecified atom stereocenters. The van der Waals surface area contributed by atoms with Gasteiger partial charge in [-0.1, -0.05) is 35.6 Å². The summed E-state index contributed by atoms with van der Waals surface area (Å²) in [4.78, 5) is 22.5. The predicted octanol–water partition coefficient (Wildman–Crippen LogP) is 4.37. The van der Waals surface area contributed by atoms with Crippen molar-refractivity contribution in [3.63, 3.8) is 0 Å². The van der Waals surface area contributed by atoms with Crippen LogP contribution in [-0.4, -0.2) is 46.4 Å². The lowest BCUT2D eigenvalue weighted by atomic mass is 10.1. The maximum absolute atomic E-state index is 13.1. The van der Waals surface area contributed by atoms with Gasteiger partial charge in [0.05, 0.1) is 36.4 Å². The molecule has 2 fully saturated rings. The molecule has 3 aromatic rings. The van der Waals surface area contributed by atoms with E-state index in [-0.39, 0.29) is 5.91 Å². The average molecular weight is 452 g/mol. The largest absolute Gasteiger partial charge is 0.467 e. The lowest BCUT2D eigenvalue weighted by Gasteiger charge is -2.29. The van der Waals surface area contributed by atoms with E-state index in [1.54, 1.807) is 17.2 Å². The van der Waals surface area contributed by atoms with Gasteiger partial charge in [0.15, 0.2) is 0 Å². The van der Waals surface area contributed by atoms with Gasteiger partial charge in [-0.25, -0.2) is 4.98 Å². The Morgan fingerprint density at radius 2 is 2.06 bits per heavy atom. The van der Waals surface area contributed by atoms with Gasteiger partial charge in [-0.05, 0) is 43.3 Å². The number of nitrogens with zero attached hydrogens (tertiary/aromatic N) is 3. The second kappa shape index (κ2) is 8.45. The number of ether oxygens (including phenoxy) is 1. The van der Waals surface area contributed by atoms with Crippen molar-refractivity contribution in [2.24, 2.45) is 0 Å². The van der Waals surface area contributed by atoms with Crippen molar-refractivity contribution < 1.29 is 13.9 Å². The van der Waals surface area contributed by atoms with E-state index in [1.807, 2.05) is 18.2 Å². The molecule has 2 aliphatic rings. The SMILES string of the molecule is Cc1ccc2nc(N3CCOCC3)c(/C=C3\SC(=S)N(Cc4ccco4)C3=O)cc2c1. The average Bonchev–Trinajstić information content (AvgIpc) is 3.38. The highest BCUT2D eigenvalue weighted by atomic mass is 32.2. The predicted molar refractivity (Wildman–Crippen MR) is 127 cm³/mol. The number of rotatable bonds is 4. The first kappa shape index (κ1) is 20.2. The number of benzene rings is 1. The van der Waals surface area contributed by atoms with Crippen LogP contribution in [-0.2, 0) is 16.1 Å². The summed E-state index contributed by atoms with van der Waals surface area (Å²) in [5.74, 6) is 1.47. The van der Waals surface area contributed by atoms with Gasteiger partial charge in [0.1, 0.15) is 15.9 Å². The molecular formula is C23H21N3O3S2. The van der Waals surface area contributed by atoms with Crippen molar-refractivity contribution in [3.8, 4) is 0 Å². The van der Waals surface area contributed by atoms with Crippen molar-refractivity contribution in [1.29, 1.82) is 0 Å². The van der Waals surface area contributed by atoms with Crippen molar-refractivity contribution in [3.05, 3.63) is 64.5 Å². The second-order valence-corrected chi connectivity index (χ2v) is 9.22. The third-order valence-corrected chi connectivity index (χ3v) is 6.72. The summed E-state index contributed by atoms with van der Waals surface area (Å²) < 4.78 is 11.4. The number of carbonyl (C=O) groups excluding carboxylic acids is 1. The number of anilines is 1. The van der Waals surface area contributed by atoms with Crippen LogP contribution in [0.25, 0.3) is 17.0 Å². The first-order valence-corrected chi connectivity index (χ1v) is 11.3. The van der Waals surface area contributed by atoms with Gasteiger partial charge in [-0.2, -0.15) is 0 Å². The Morgan fingerprint density at radius 1 is 1.23 bits per heavy atom. The summed E-state index contributed by atoms with van der Waals surface area (Å²) in [6, 6.07) is 12.0. The molecular weight excluding hydrogens is 430 g/mol. The molecule has 0 bridgehead atoms. The van der Waals surface area contributed by atoms with E-state index in [9.17, 15) is 4.79 Å². The van der Waals surface area contributed by atoms with Crippen molar-refractivity contribution >= 4 is 57.0 Å². The number of morpholine rings is 1. The summed E-state index contributed by atoms with van der Waals surface area (Å²) in [6.07, 6.45) is 3.52. The van der Waals surface area contributed by atoms with Crippen LogP contribution in [0.4, 0.5) is 5.82 Å². The molecule has 1 aromatic carbocycles. The minimum Gasteiger partial charge on any atom is -0.467 e. The quantitative estimate of drug-likeness (QED) is 0.431. The van der Waals surface area contributed by atoms with Gasteiger partial charge in [-0.15, -0.1) is 0 Å². The second-order valence-electron chi connectivity index (χ2n) is 7.54. The van der Waals surface area contributed by atoms with Crippen LogP contribution >= 0.6 is 24.0 Å². The molecule has 1 amide bonds. The van der Waals surface area contributed by atoms with E-state index >= 15 is 0 Å². The normalized spacial score (nSPS) is 18.5. The van der Waals surface area contributed by atoms with Gasteiger partial charge in [0, 0.05) is 24.0 Å². The molecule has 158 valence electrons. The van der Waals surface area contributed by atoms with Crippen molar-refractivity contribution in [1.82, 2.24) is 9.88 Å². The van der Waals surface area contributed by atoms with E-state index in [4.69, 9.17) is 26.4 Å². The van der Waals surface area contributed by atoms with Crippen LogP contribution in [0.1, 0.15) is 16.9 Å². The topological polar surface area (TPSA) is 58.8 Å². The lowest BCUT2D eigenvalue weighted by Crippen LogP contribution is -2.37. The van der Waals surface area contributed by atoms with Crippen LogP contribution < -0.4 is 4.90 Å². The number of amides is 1. The molecule has 0 N–H and O–H groups in total. The monoisotopic (exact) mass is 451 g/mol. The molecule has 2 saturated heterocycles. The van der Waals surface area contributed by atoms with Gasteiger partial charge in [0.2, 0.25) is 0 Å². The molecule has 0 aliphatic carbocycles. The summed E-state index contributed by atoms with van der Waals surface area (Å²) in [5.41, 5.74) is 3.03. The summed E-state index contributed by atoms with van der Waals surface area (Å²) in [7, 11) is 0. The Labute approximate surface area is 189 Å². The Kier molecular flexibility index (Phi) is 5.52. The molecule has 2 aromatic heterocycles. The third-order valence-electron chi connectivity index (χ3n) is 5.34. The van der Waals surface area contributed by atoms with Crippen LogP contribution in [0, 0.1) is 6.92 Å². The highest BCUT2D eigenvalue weighted by molar-refractivity contribution is 8.26. The number of aromatic nitrogens is 1. The van der Waals surface area contributed by atoms with Crippen molar-refractivity contribution in [2.75, 3.05) is 31.2 Å². The van der Waals surface area contributed by atoms with Gasteiger partial charge in [-0.3, -0.25) is 9.69 Å². The zero-order valence-electron chi connectivity index (χ0n) is 17.0. The van der Waals surface area contributed by atoms with Gasteiger partial charge < -0.3 is 14.1 Å². The number of pyridine rings is 1. The third kappa shape index (κ3) is 4.11. The number of thiocarbonyl (C=S) groups is 1. The highest BCUT2D eigenvalue weighted by Gasteiger charge is 2.33. The highest BCUT2D eigenvalue weighted by Crippen LogP contribution is 2.36. The molecule has 0 spiro atoms. The Morgan fingerprint density at radius 3 is 2.84 bits per heavy atom. The molecule has 0 atom stereocenters. The van der Waals surface area contributed by atoms with Crippen molar-refractivity contribution in [2.45, 2.75) is 13.5 Å². The minimum atomic E-state index is -0.108. The Hall–Kier alpha value is -2.68. The first-order chi connectivity index (χ1) is 15.1. The fourth-order valence-electron chi connectivity index (χ4n) is 3.77. The van der Waals surface area contributed by atoms with Gasteiger partial charge >= 0.3 is 0 Å². The smallest absolute Gasteiger partial charge is 0.266 e. The minimum absolute atomic E-state index is 0.108. The van der Waals surface area contributed by atoms with E-state index in [0.29, 0.717) is 34.7 Å². The number of fused-ring (bicyclic) bond motifs is 1. The summed E-state index contributed by atoms with van der Waals surface area (Å²) >= 11 is 6.80. The number of thioether (sulfide) groups is 1. The number of hydrogen-bond donors (Lipinski definition) is 0. The van der Waals surface area contributed by atoms with E-state index in [0.717, 1.165) is 35.4 Å². The number of hydrogen-bond acceptors (Lipinski definition) is 7. The molecule has 2 aliphatic heterocycles. The number of furan rings is 1. The first-order valence-electron chi connectivity index (χ1n) is 10.1. The van der Waals surface area contributed by atoms with Gasteiger partial charge in [0.25, 0.3) is 5.91 Å². The molecule has 4 heterocycles. The lowest BCUT2D eigenvalue weighted by molar-refractivity contribution is -0.122. The molecule has 0 saturated carbocycles. The number of carbonyl (C=O) groups is 1. The molecule has 6 nitrogen and oxygen atoms in total. The van der Waals surface area contributed by atoms with E-state index in [2.05, 4.69) is 30.0 Å². The summed E-state index contributed by atoms with van der Waals surface area (Å²) in [5, 5.41) is 1.05. The fraction of sp³-hybridized carbons (Fsp3) is 0.261. The van der Waals surface area contributed by atoms with Crippen LogP contribution in [0.15, 0.2) is 52.0 Å². The van der Waals surface area contributed by atoms with E-state index < -0.39 is 0 Å². The molecule has 5 rings (SSSR count). The zero-order valence-corrected chi connectivity index (χ0v) is 18.7.